The van der Waals surface area contributed by atoms with Crippen molar-refractivity contribution >= 4 is 22.1 Å². The zero-order chi connectivity index (χ0) is 9.47. The van der Waals surface area contributed by atoms with E-state index in [1.807, 2.05) is 0 Å². The van der Waals surface area contributed by atoms with Crippen LogP contribution in [0.4, 0.5) is 0 Å². The molecule has 1 aromatic heterocycles. The molecule has 1 saturated heterocycles. The molecule has 2 heterocycles. The zero-order valence-electron chi connectivity index (χ0n) is 6.78. The van der Waals surface area contributed by atoms with Crippen LogP contribution in [0.3, 0.4) is 0 Å². The molecule has 1 aliphatic heterocycles. The monoisotopic (exact) mass is 219 g/mol. The van der Waals surface area contributed by atoms with Crippen molar-refractivity contribution in [3.05, 3.63) is 10.6 Å². The molecule has 0 saturated carbocycles. The number of rotatable bonds is 1. The van der Waals surface area contributed by atoms with Crippen LogP contribution in [0, 0.1) is 4.77 Å². The number of aromatic nitrogens is 3. The van der Waals surface area contributed by atoms with Crippen molar-refractivity contribution in [3.63, 3.8) is 0 Å². The van der Waals surface area contributed by atoms with Crippen molar-refractivity contribution < 1.29 is 8.42 Å². The van der Waals surface area contributed by atoms with Crippen LogP contribution in [-0.2, 0) is 9.84 Å². The van der Waals surface area contributed by atoms with Gasteiger partial charge in [0.2, 0.25) is 4.77 Å². The molecule has 5 nitrogen and oxygen atoms in total. The third-order valence-corrected chi connectivity index (χ3v) is 4.10. The average molecular weight is 219 g/mol. The number of hydrogen-bond acceptors (Lipinski definition) is 4. The molecule has 13 heavy (non-hydrogen) atoms. The molecule has 0 aliphatic carbocycles. The molecule has 1 atom stereocenters. The summed E-state index contributed by atoms with van der Waals surface area (Å²) in [4.78, 5) is 4.00. The first-order chi connectivity index (χ1) is 6.07. The molecule has 72 valence electrons. The lowest BCUT2D eigenvalue weighted by Crippen LogP contribution is -2.05. The van der Waals surface area contributed by atoms with E-state index in [1.165, 1.54) is 0 Å². The van der Waals surface area contributed by atoms with Crippen molar-refractivity contribution in [2.75, 3.05) is 11.5 Å². The van der Waals surface area contributed by atoms with E-state index in [4.69, 9.17) is 12.2 Å². The largest absolute Gasteiger partial charge is 0.285 e. The SMILES string of the molecule is O=S1(=O)CCC(c2nc(=S)[nH][nH]2)C1. The maximum atomic E-state index is 11.1. The van der Waals surface area contributed by atoms with Gasteiger partial charge in [0.15, 0.2) is 9.84 Å². The summed E-state index contributed by atoms with van der Waals surface area (Å²) >= 11 is 4.78. The van der Waals surface area contributed by atoms with Gasteiger partial charge in [-0.3, -0.25) is 10.2 Å². The Morgan fingerprint density at radius 3 is 2.69 bits per heavy atom. The van der Waals surface area contributed by atoms with E-state index in [1.54, 1.807) is 0 Å². The summed E-state index contributed by atoms with van der Waals surface area (Å²) in [5.41, 5.74) is 0. The number of H-pyrrole nitrogens is 2. The summed E-state index contributed by atoms with van der Waals surface area (Å²) in [5.74, 6) is 1.08. The Balaban J connectivity index is 2.26. The molecule has 0 amide bonds. The summed E-state index contributed by atoms with van der Waals surface area (Å²) in [5, 5.41) is 5.44. The lowest BCUT2D eigenvalue weighted by atomic mass is 10.1. The molecule has 2 N–H and O–H groups in total. The quantitative estimate of drug-likeness (QED) is 0.669. The van der Waals surface area contributed by atoms with Crippen LogP contribution in [0.1, 0.15) is 18.2 Å². The lowest BCUT2D eigenvalue weighted by Gasteiger charge is -1.99. The first-order valence-electron chi connectivity index (χ1n) is 3.92. The fraction of sp³-hybridized carbons (Fsp3) is 0.667. The molecular formula is C6H9N3O2S2. The van der Waals surface area contributed by atoms with Crippen molar-refractivity contribution in [2.45, 2.75) is 12.3 Å². The van der Waals surface area contributed by atoms with E-state index in [2.05, 4.69) is 15.2 Å². The van der Waals surface area contributed by atoms with Crippen molar-refractivity contribution in [2.24, 2.45) is 0 Å². The number of hydrogen-bond donors (Lipinski definition) is 2. The molecule has 0 spiro atoms. The number of nitrogens with one attached hydrogen (secondary N) is 2. The molecule has 0 radical (unpaired) electrons. The van der Waals surface area contributed by atoms with Crippen LogP contribution in [-0.4, -0.2) is 35.1 Å². The lowest BCUT2D eigenvalue weighted by molar-refractivity contribution is 0.601. The van der Waals surface area contributed by atoms with Gasteiger partial charge >= 0.3 is 0 Å². The predicted molar refractivity (Wildman–Crippen MR) is 49.8 cm³/mol. The average Bonchev–Trinajstić information content (AvgIpc) is 2.56. The van der Waals surface area contributed by atoms with Crippen LogP contribution >= 0.6 is 12.2 Å². The van der Waals surface area contributed by atoms with Gasteiger partial charge in [-0.15, -0.1) is 0 Å². The molecule has 1 aliphatic rings. The highest BCUT2D eigenvalue weighted by Gasteiger charge is 2.30. The van der Waals surface area contributed by atoms with E-state index in [0.29, 0.717) is 17.0 Å². The van der Waals surface area contributed by atoms with E-state index in [9.17, 15) is 8.42 Å². The number of nitrogens with zero attached hydrogens (tertiary/aromatic N) is 1. The summed E-state index contributed by atoms with van der Waals surface area (Å²) in [6, 6.07) is 0. The van der Waals surface area contributed by atoms with Gasteiger partial charge in [-0.25, -0.2) is 13.4 Å². The Kier molecular flexibility index (Phi) is 1.99. The smallest absolute Gasteiger partial charge is 0.213 e. The van der Waals surface area contributed by atoms with Gasteiger partial charge in [-0.2, -0.15) is 0 Å². The Hall–Kier alpha value is -0.690. The second-order valence-electron chi connectivity index (χ2n) is 3.15. The Labute approximate surface area is 80.5 Å². The molecule has 2 rings (SSSR count). The van der Waals surface area contributed by atoms with Crippen LogP contribution in [0.25, 0.3) is 0 Å². The van der Waals surface area contributed by atoms with Crippen LogP contribution in [0.5, 0.6) is 0 Å². The van der Waals surface area contributed by atoms with Crippen LogP contribution in [0.2, 0.25) is 0 Å². The zero-order valence-corrected chi connectivity index (χ0v) is 8.41. The molecule has 1 unspecified atom stereocenters. The minimum atomic E-state index is -2.84. The van der Waals surface area contributed by atoms with E-state index < -0.39 is 9.84 Å². The van der Waals surface area contributed by atoms with Gasteiger partial charge in [0, 0.05) is 5.92 Å². The van der Waals surface area contributed by atoms with E-state index >= 15 is 0 Å². The summed E-state index contributed by atoms with van der Waals surface area (Å²) < 4.78 is 22.7. The van der Waals surface area contributed by atoms with Crippen molar-refractivity contribution in [1.82, 2.24) is 15.2 Å². The fourth-order valence-corrected chi connectivity index (χ4v) is 3.38. The standard InChI is InChI=1S/C6H9N3O2S2/c10-13(11)2-1-4(3-13)5-7-6(12)9-8-5/h4H,1-3H2,(H2,7,8,9,12). The third kappa shape index (κ3) is 1.80. The van der Waals surface area contributed by atoms with Gasteiger partial charge < -0.3 is 0 Å². The van der Waals surface area contributed by atoms with Gasteiger partial charge in [0.25, 0.3) is 0 Å². The number of aromatic amines is 2. The van der Waals surface area contributed by atoms with Gasteiger partial charge in [-0.1, -0.05) is 0 Å². The molecule has 1 fully saturated rings. The Bertz CT molecular complexity index is 458. The fourth-order valence-electron chi connectivity index (χ4n) is 1.49. The topological polar surface area (TPSA) is 78.6 Å². The minimum absolute atomic E-state index is 0.0158. The van der Waals surface area contributed by atoms with Gasteiger partial charge in [-0.05, 0) is 18.6 Å². The number of sulfone groups is 1. The van der Waals surface area contributed by atoms with Crippen LogP contribution < -0.4 is 0 Å². The highest BCUT2D eigenvalue weighted by molar-refractivity contribution is 7.91. The molecule has 1 aromatic rings. The second-order valence-corrected chi connectivity index (χ2v) is 5.77. The summed E-state index contributed by atoms with van der Waals surface area (Å²) in [7, 11) is -2.84. The summed E-state index contributed by atoms with van der Waals surface area (Å²) in [6.07, 6.45) is 0.637. The minimum Gasteiger partial charge on any atom is -0.285 e. The first-order valence-corrected chi connectivity index (χ1v) is 6.15. The van der Waals surface area contributed by atoms with Crippen molar-refractivity contribution in [1.29, 1.82) is 0 Å². The Morgan fingerprint density at radius 1 is 1.46 bits per heavy atom. The normalized spacial score (nSPS) is 26.3. The molecule has 0 aromatic carbocycles. The van der Waals surface area contributed by atoms with Crippen LogP contribution in [0.15, 0.2) is 0 Å². The maximum Gasteiger partial charge on any atom is 0.213 e. The third-order valence-electron chi connectivity index (χ3n) is 2.14. The summed E-state index contributed by atoms with van der Waals surface area (Å²) in [6.45, 7) is 0. The van der Waals surface area contributed by atoms with Crippen molar-refractivity contribution in [3.8, 4) is 0 Å². The predicted octanol–water partition coefficient (Wildman–Crippen LogP) is 0.369. The van der Waals surface area contributed by atoms with E-state index in [-0.39, 0.29) is 17.4 Å². The maximum absolute atomic E-state index is 11.1. The highest BCUT2D eigenvalue weighted by atomic mass is 32.2. The van der Waals surface area contributed by atoms with E-state index in [0.717, 1.165) is 0 Å². The van der Waals surface area contributed by atoms with Gasteiger partial charge in [0.05, 0.1) is 11.5 Å². The van der Waals surface area contributed by atoms with Gasteiger partial charge in [0.1, 0.15) is 5.82 Å². The molecule has 7 heteroatoms. The highest BCUT2D eigenvalue weighted by Crippen LogP contribution is 2.25. The Morgan fingerprint density at radius 2 is 2.23 bits per heavy atom. The molecule has 0 bridgehead atoms. The first kappa shape index (κ1) is 8.89. The second kappa shape index (κ2) is 2.91. The molecular weight excluding hydrogens is 210 g/mol.